The normalized spacial score (nSPS) is 10.8. The molecule has 0 aliphatic heterocycles. The third-order valence-corrected chi connectivity index (χ3v) is 10.2. The van der Waals surface area contributed by atoms with Crippen LogP contribution in [0.4, 0.5) is 51.2 Å². The van der Waals surface area contributed by atoms with E-state index in [0.29, 0.717) is 0 Å². The van der Waals surface area contributed by atoms with E-state index < -0.39 is 0 Å². The fraction of sp³-hybridized carbons (Fsp3) is 0. The summed E-state index contributed by atoms with van der Waals surface area (Å²) in [6, 6.07) is 88.1. The van der Waals surface area contributed by atoms with Gasteiger partial charge in [-0.05, 0) is 131 Å². The van der Waals surface area contributed by atoms with Crippen molar-refractivity contribution in [2.75, 3.05) is 14.7 Å². The molecule has 3 nitrogen and oxygen atoms in total. The quantitative estimate of drug-likeness (QED) is 0.131. The van der Waals surface area contributed by atoms with Crippen LogP contribution in [0.2, 0.25) is 0 Å². The minimum Gasteiger partial charge on any atom is -0.311 e. The average molecular weight is 732 g/mol. The predicted molar refractivity (Wildman–Crippen MR) is 241 cm³/mol. The topological polar surface area (TPSA) is 9.72 Å². The molecule has 9 aromatic carbocycles. The van der Waals surface area contributed by atoms with Gasteiger partial charge in [0.1, 0.15) is 0 Å². The molecule has 0 saturated carbocycles. The molecule has 0 radical (unpaired) electrons. The second kappa shape index (κ2) is 16.4. The zero-order valence-electron chi connectivity index (χ0n) is 31.5. The lowest BCUT2D eigenvalue weighted by Gasteiger charge is -2.28. The van der Waals surface area contributed by atoms with Crippen LogP contribution in [0, 0.1) is 0 Å². The van der Waals surface area contributed by atoms with E-state index in [9.17, 15) is 0 Å². The van der Waals surface area contributed by atoms with Crippen molar-refractivity contribution >= 4 is 51.2 Å². The van der Waals surface area contributed by atoms with E-state index in [2.05, 4.69) is 263 Å². The summed E-state index contributed by atoms with van der Waals surface area (Å²) in [7, 11) is 0. The zero-order chi connectivity index (χ0) is 38.2. The summed E-state index contributed by atoms with van der Waals surface area (Å²) in [6.45, 7) is 0. The van der Waals surface area contributed by atoms with Crippen LogP contribution < -0.4 is 14.7 Å². The Morgan fingerprint density at radius 1 is 0.140 bits per heavy atom. The lowest BCUT2D eigenvalue weighted by molar-refractivity contribution is 1.26. The van der Waals surface area contributed by atoms with Crippen LogP contribution in [0.3, 0.4) is 0 Å². The molecule has 9 aromatic rings. The molecular formula is C54H41N3. The fourth-order valence-corrected chi connectivity index (χ4v) is 7.44. The summed E-state index contributed by atoms with van der Waals surface area (Å²) < 4.78 is 0. The van der Waals surface area contributed by atoms with Gasteiger partial charge in [0.15, 0.2) is 0 Å². The van der Waals surface area contributed by atoms with Crippen molar-refractivity contribution in [3.8, 4) is 22.3 Å². The number of rotatable bonds is 11. The fourth-order valence-electron chi connectivity index (χ4n) is 7.44. The summed E-state index contributed by atoms with van der Waals surface area (Å²) >= 11 is 0. The van der Waals surface area contributed by atoms with E-state index in [1.807, 2.05) is 0 Å². The first-order valence-corrected chi connectivity index (χ1v) is 19.4. The van der Waals surface area contributed by atoms with Gasteiger partial charge in [0.2, 0.25) is 0 Å². The summed E-state index contributed by atoms with van der Waals surface area (Å²) in [5.74, 6) is 0. The molecule has 0 saturated heterocycles. The van der Waals surface area contributed by atoms with Crippen molar-refractivity contribution in [2.24, 2.45) is 0 Å². The molecule has 0 aliphatic carbocycles. The van der Waals surface area contributed by atoms with Gasteiger partial charge in [0, 0.05) is 51.2 Å². The van der Waals surface area contributed by atoms with Gasteiger partial charge in [0.25, 0.3) is 0 Å². The number of hydrogen-bond acceptors (Lipinski definition) is 3. The van der Waals surface area contributed by atoms with Gasteiger partial charge in [-0.3, -0.25) is 0 Å². The highest BCUT2D eigenvalue weighted by Gasteiger charge is 2.17. The maximum absolute atomic E-state index is 2.33. The van der Waals surface area contributed by atoms with Crippen molar-refractivity contribution in [3.05, 3.63) is 249 Å². The van der Waals surface area contributed by atoms with Crippen LogP contribution in [-0.4, -0.2) is 0 Å². The van der Waals surface area contributed by atoms with E-state index in [1.165, 1.54) is 11.1 Å². The number of hydrogen-bond donors (Lipinski definition) is 0. The Hall–Kier alpha value is -7.62. The molecule has 0 atom stereocenters. The molecule has 272 valence electrons. The maximum atomic E-state index is 2.33. The maximum Gasteiger partial charge on any atom is 0.0463 e. The number of para-hydroxylation sites is 4. The largest absolute Gasteiger partial charge is 0.311 e. The molecule has 0 spiro atoms. The Morgan fingerprint density at radius 3 is 0.526 bits per heavy atom. The Kier molecular flexibility index (Phi) is 10.1. The molecule has 0 aliphatic rings. The molecule has 9 rings (SSSR count). The lowest BCUT2D eigenvalue weighted by Crippen LogP contribution is -2.12. The van der Waals surface area contributed by atoms with Crippen LogP contribution in [0.25, 0.3) is 22.3 Å². The minimum absolute atomic E-state index is 1.08. The summed E-state index contributed by atoms with van der Waals surface area (Å²) in [4.78, 5) is 6.91. The van der Waals surface area contributed by atoms with Gasteiger partial charge < -0.3 is 14.7 Å². The van der Waals surface area contributed by atoms with Crippen molar-refractivity contribution < 1.29 is 0 Å². The van der Waals surface area contributed by atoms with Gasteiger partial charge in [-0.1, -0.05) is 140 Å². The Bertz CT molecular complexity index is 2530. The average Bonchev–Trinajstić information content (AvgIpc) is 3.30. The van der Waals surface area contributed by atoms with Crippen molar-refractivity contribution in [1.29, 1.82) is 0 Å². The van der Waals surface area contributed by atoms with E-state index in [-0.39, 0.29) is 0 Å². The molecule has 0 N–H and O–H groups in total. The van der Waals surface area contributed by atoms with Crippen LogP contribution >= 0.6 is 0 Å². The van der Waals surface area contributed by atoms with Gasteiger partial charge >= 0.3 is 0 Å². The smallest absolute Gasteiger partial charge is 0.0463 e. The molecule has 0 unspecified atom stereocenters. The molecule has 0 heterocycles. The van der Waals surface area contributed by atoms with Gasteiger partial charge in [0.05, 0.1) is 0 Å². The third-order valence-electron chi connectivity index (χ3n) is 10.2. The van der Waals surface area contributed by atoms with Crippen LogP contribution in [0.5, 0.6) is 0 Å². The monoisotopic (exact) mass is 731 g/mol. The minimum atomic E-state index is 1.08. The first-order valence-electron chi connectivity index (χ1n) is 19.4. The van der Waals surface area contributed by atoms with E-state index in [0.717, 1.165) is 62.3 Å². The number of nitrogens with zero attached hydrogens (tertiary/aromatic N) is 3. The highest BCUT2D eigenvalue weighted by molar-refractivity contribution is 5.83. The Morgan fingerprint density at radius 2 is 0.298 bits per heavy atom. The highest BCUT2D eigenvalue weighted by atomic mass is 15.2. The molecule has 0 amide bonds. The molecule has 3 heteroatoms. The van der Waals surface area contributed by atoms with Gasteiger partial charge in [-0.15, -0.1) is 0 Å². The Balaban J connectivity index is 1.05. The second-order valence-electron chi connectivity index (χ2n) is 13.9. The number of benzene rings is 9. The van der Waals surface area contributed by atoms with Gasteiger partial charge in [-0.2, -0.15) is 0 Å². The summed E-state index contributed by atoms with van der Waals surface area (Å²) in [6.07, 6.45) is 0. The van der Waals surface area contributed by atoms with Crippen molar-refractivity contribution in [1.82, 2.24) is 0 Å². The third kappa shape index (κ3) is 7.68. The summed E-state index contributed by atoms with van der Waals surface area (Å²) in [5, 5.41) is 0. The van der Waals surface area contributed by atoms with Crippen molar-refractivity contribution in [3.63, 3.8) is 0 Å². The molecule has 0 fully saturated rings. The Labute approximate surface area is 335 Å². The van der Waals surface area contributed by atoms with E-state index in [1.54, 1.807) is 0 Å². The molecular weight excluding hydrogens is 691 g/mol. The van der Waals surface area contributed by atoms with Crippen LogP contribution in [-0.2, 0) is 0 Å². The lowest BCUT2D eigenvalue weighted by atomic mass is 10.0. The molecule has 57 heavy (non-hydrogen) atoms. The first kappa shape index (κ1) is 35.1. The number of anilines is 9. The predicted octanol–water partition coefficient (Wildman–Crippen LogP) is 15.4. The molecule has 0 aromatic heterocycles. The van der Waals surface area contributed by atoms with E-state index in [4.69, 9.17) is 0 Å². The first-order chi connectivity index (χ1) is 28.3. The summed E-state index contributed by atoms with van der Waals surface area (Å²) in [5.41, 5.74) is 14.6. The molecule has 0 bridgehead atoms. The van der Waals surface area contributed by atoms with Gasteiger partial charge in [-0.25, -0.2) is 0 Å². The van der Waals surface area contributed by atoms with Crippen molar-refractivity contribution in [2.45, 2.75) is 0 Å². The zero-order valence-corrected chi connectivity index (χ0v) is 31.5. The SMILES string of the molecule is c1ccc(-c2ccc(N(c3ccc(-c4ccc(N(c5ccccc5)c5ccccc5)cc4)cc3)c3ccc(N(c4ccccc4)c4ccccc4)cc3)cc2)cc1. The van der Waals surface area contributed by atoms with Crippen LogP contribution in [0.15, 0.2) is 249 Å². The standard InChI is InChI=1S/C54H41N3/c1-6-16-42(17-7-1)43-26-32-51(33-27-43)57(54-40-38-53(39-41-54)56(48-22-12-4-13-23-48)49-24-14-5-15-25-49)52-36-30-45(31-37-52)44-28-34-50(35-29-44)55(46-18-8-2-9-19-46)47-20-10-3-11-21-47/h1-41H. The highest BCUT2D eigenvalue weighted by Crippen LogP contribution is 2.41. The second-order valence-corrected chi connectivity index (χ2v) is 13.9. The van der Waals surface area contributed by atoms with Crippen LogP contribution in [0.1, 0.15) is 0 Å². The van der Waals surface area contributed by atoms with E-state index >= 15 is 0 Å².